The zero-order valence-corrected chi connectivity index (χ0v) is 17.4. The average Bonchev–Trinajstić information content (AvgIpc) is 2.79. The van der Waals surface area contributed by atoms with Gasteiger partial charge in [-0.1, -0.05) is 11.6 Å². The van der Waals surface area contributed by atoms with Crippen LogP contribution in [0.1, 0.15) is 18.4 Å². The second kappa shape index (κ2) is 9.33. The molecule has 29 heavy (non-hydrogen) atoms. The molecule has 1 aromatic heterocycles. The quantitative estimate of drug-likeness (QED) is 0.820. The lowest BCUT2D eigenvalue weighted by Crippen LogP contribution is -2.39. The highest BCUT2D eigenvalue weighted by atomic mass is 35.5. The Morgan fingerprint density at radius 1 is 1.10 bits per heavy atom. The third kappa shape index (κ3) is 5.10. The van der Waals surface area contributed by atoms with E-state index in [-0.39, 0.29) is 0 Å². The maximum Gasteiger partial charge on any atom is 0.225 e. The van der Waals surface area contributed by atoms with E-state index in [9.17, 15) is 0 Å². The summed E-state index contributed by atoms with van der Waals surface area (Å²) < 4.78 is 0. The molecule has 4 rings (SSSR count). The van der Waals surface area contributed by atoms with E-state index in [0.717, 1.165) is 67.9 Å². The van der Waals surface area contributed by atoms with Crippen LogP contribution < -0.4 is 10.2 Å². The predicted molar refractivity (Wildman–Crippen MR) is 119 cm³/mol. The van der Waals surface area contributed by atoms with Crippen molar-refractivity contribution in [1.29, 1.82) is 0 Å². The van der Waals surface area contributed by atoms with Gasteiger partial charge in [0.1, 0.15) is 5.84 Å². The first kappa shape index (κ1) is 19.8. The van der Waals surface area contributed by atoms with Gasteiger partial charge < -0.3 is 15.1 Å². The van der Waals surface area contributed by atoms with Crippen LogP contribution in [-0.4, -0.2) is 60.1 Å². The summed E-state index contributed by atoms with van der Waals surface area (Å²) in [7, 11) is 2.09. The molecule has 7 nitrogen and oxygen atoms in total. The third-order valence-electron chi connectivity index (χ3n) is 5.45. The Kier molecular flexibility index (Phi) is 6.36. The fourth-order valence-corrected chi connectivity index (χ4v) is 3.92. The summed E-state index contributed by atoms with van der Waals surface area (Å²) in [5, 5.41) is 13.2. The molecular formula is C21H26ClN7. The van der Waals surface area contributed by atoms with Crippen LogP contribution >= 0.6 is 11.6 Å². The van der Waals surface area contributed by atoms with Gasteiger partial charge in [0.25, 0.3) is 0 Å². The van der Waals surface area contributed by atoms with Crippen molar-refractivity contribution in [3.05, 3.63) is 47.2 Å². The molecule has 3 heterocycles. The number of halogens is 1. The molecule has 2 aromatic rings. The van der Waals surface area contributed by atoms with Gasteiger partial charge in [-0.3, -0.25) is 0 Å². The third-order valence-corrected chi connectivity index (χ3v) is 5.69. The standard InChI is InChI=1S/C21H26ClN7/c1-28-11-5-17-15-18(22)3-4-19(17)26-20(27-25-10-14-28)16-6-12-29(13-7-16)21-23-8-2-9-24-21/h2-4,8-10,15-16H,5-7,11-14H2,1H3,(H,26,27). The summed E-state index contributed by atoms with van der Waals surface area (Å²) in [5.41, 5.74) is 2.27. The summed E-state index contributed by atoms with van der Waals surface area (Å²) in [6, 6.07) is 7.86. The molecule has 1 fully saturated rings. The molecule has 8 heteroatoms. The Balaban J connectivity index is 1.53. The number of aromatic nitrogens is 2. The Morgan fingerprint density at radius 3 is 2.69 bits per heavy atom. The van der Waals surface area contributed by atoms with E-state index in [4.69, 9.17) is 11.6 Å². The molecule has 0 amide bonds. The van der Waals surface area contributed by atoms with Crippen molar-refractivity contribution in [3.63, 3.8) is 0 Å². The van der Waals surface area contributed by atoms with Crippen LogP contribution in [0.3, 0.4) is 0 Å². The first-order valence-electron chi connectivity index (χ1n) is 10.0. The van der Waals surface area contributed by atoms with Gasteiger partial charge in [-0.15, -0.1) is 5.10 Å². The van der Waals surface area contributed by atoms with Gasteiger partial charge in [0.2, 0.25) is 5.95 Å². The highest BCUT2D eigenvalue weighted by Crippen LogP contribution is 2.26. The smallest absolute Gasteiger partial charge is 0.225 e. The molecule has 152 valence electrons. The molecular weight excluding hydrogens is 386 g/mol. The van der Waals surface area contributed by atoms with Gasteiger partial charge >= 0.3 is 0 Å². The second-order valence-electron chi connectivity index (χ2n) is 7.53. The Morgan fingerprint density at radius 2 is 1.90 bits per heavy atom. The number of anilines is 2. The number of nitrogens with one attached hydrogen (secondary N) is 1. The molecule has 1 N–H and O–H groups in total. The zero-order chi connectivity index (χ0) is 20.1. The maximum absolute atomic E-state index is 6.26. The van der Waals surface area contributed by atoms with Crippen molar-refractivity contribution in [1.82, 2.24) is 14.9 Å². The van der Waals surface area contributed by atoms with Crippen molar-refractivity contribution >= 4 is 35.3 Å². The number of likely N-dealkylation sites (N-methyl/N-ethyl adjacent to an activating group) is 1. The van der Waals surface area contributed by atoms with E-state index >= 15 is 0 Å². The lowest BCUT2D eigenvalue weighted by Gasteiger charge is -2.32. The average molecular weight is 412 g/mol. The minimum atomic E-state index is 0.314. The van der Waals surface area contributed by atoms with E-state index in [1.165, 1.54) is 5.56 Å². The van der Waals surface area contributed by atoms with Gasteiger partial charge in [0.05, 0.1) is 0 Å². The van der Waals surface area contributed by atoms with Crippen LogP contribution in [0.5, 0.6) is 0 Å². The lowest BCUT2D eigenvalue weighted by atomic mass is 9.95. The SMILES string of the molecule is CN1CC=NN=C(C2CCN(c3ncccn3)CC2)Nc2ccc(Cl)cc2CC1. The van der Waals surface area contributed by atoms with Crippen LogP contribution in [0.25, 0.3) is 0 Å². The summed E-state index contributed by atoms with van der Waals surface area (Å²) in [6.45, 7) is 3.51. The molecule has 0 spiro atoms. The number of hydrogen-bond donors (Lipinski definition) is 1. The molecule has 0 radical (unpaired) electrons. The van der Waals surface area contributed by atoms with Crippen molar-refractivity contribution < 1.29 is 0 Å². The van der Waals surface area contributed by atoms with E-state index < -0.39 is 0 Å². The summed E-state index contributed by atoms with van der Waals surface area (Å²) in [6.07, 6.45) is 8.32. The summed E-state index contributed by atoms with van der Waals surface area (Å²) in [4.78, 5) is 13.2. The minimum Gasteiger partial charge on any atom is -0.342 e. The molecule has 0 saturated carbocycles. The fourth-order valence-electron chi connectivity index (χ4n) is 3.73. The Labute approximate surface area is 176 Å². The molecule has 2 aliphatic rings. The van der Waals surface area contributed by atoms with Crippen LogP contribution in [0, 0.1) is 5.92 Å². The Bertz CT molecular complexity index is 876. The van der Waals surface area contributed by atoms with Crippen molar-refractivity contribution in [3.8, 4) is 0 Å². The first-order valence-corrected chi connectivity index (χ1v) is 10.4. The summed E-state index contributed by atoms with van der Waals surface area (Å²) >= 11 is 6.26. The van der Waals surface area contributed by atoms with Gasteiger partial charge in [-0.2, -0.15) is 5.10 Å². The lowest BCUT2D eigenvalue weighted by molar-refractivity contribution is 0.388. The molecule has 0 atom stereocenters. The molecule has 1 saturated heterocycles. The van der Waals surface area contributed by atoms with Gasteiger partial charge in [-0.25, -0.2) is 9.97 Å². The van der Waals surface area contributed by atoms with Crippen molar-refractivity contribution in [2.45, 2.75) is 19.3 Å². The number of benzene rings is 1. The van der Waals surface area contributed by atoms with E-state index in [1.54, 1.807) is 12.4 Å². The van der Waals surface area contributed by atoms with E-state index in [1.807, 2.05) is 30.5 Å². The molecule has 2 aliphatic heterocycles. The molecule has 0 aliphatic carbocycles. The number of piperidine rings is 1. The number of rotatable bonds is 2. The van der Waals surface area contributed by atoms with Crippen molar-refractivity contribution in [2.24, 2.45) is 16.1 Å². The molecule has 0 bridgehead atoms. The van der Waals surface area contributed by atoms with Crippen molar-refractivity contribution in [2.75, 3.05) is 43.4 Å². The predicted octanol–water partition coefficient (Wildman–Crippen LogP) is 3.33. The number of fused-ring (bicyclic) bond motifs is 1. The second-order valence-corrected chi connectivity index (χ2v) is 7.97. The number of amidine groups is 1. The fraction of sp³-hybridized carbons (Fsp3) is 0.429. The molecule has 1 aromatic carbocycles. The number of nitrogens with zero attached hydrogens (tertiary/aromatic N) is 6. The highest BCUT2D eigenvalue weighted by molar-refractivity contribution is 6.30. The molecule has 0 unspecified atom stereocenters. The maximum atomic E-state index is 6.26. The number of hydrogen-bond acceptors (Lipinski definition) is 7. The summed E-state index contributed by atoms with van der Waals surface area (Å²) in [5.74, 6) is 2.03. The first-order chi connectivity index (χ1) is 14.2. The Hall–Kier alpha value is -2.51. The van der Waals surface area contributed by atoms with E-state index in [2.05, 4.69) is 42.3 Å². The van der Waals surface area contributed by atoms with E-state index in [0.29, 0.717) is 5.92 Å². The van der Waals surface area contributed by atoms with Crippen LogP contribution in [0.4, 0.5) is 11.6 Å². The van der Waals surface area contributed by atoms with Crippen LogP contribution in [-0.2, 0) is 6.42 Å². The van der Waals surface area contributed by atoms with Gasteiger partial charge in [-0.05, 0) is 56.1 Å². The highest BCUT2D eigenvalue weighted by Gasteiger charge is 2.25. The minimum absolute atomic E-state index is 0.314. The van der Waals surface area contributed by atoms with Gasteiger partial charge in [0.15, 0.2) is 0 Å². The largest absolute Gasteiger partial charge is 0.342 e. The van der Waals surface area contributed by atoms with Crippen LogP contribution in [0.2, 0.25) is 5.02 Å². The zero-order valence-electron chi connectivity index (χ0n) is 16.6. The normalized spacial score (nSPS) is 19.1. The topological polar surface area (TPSA) is 69.0 Å². The monoisotopic (exact) mass is 411 g/mol. The van der Waals surface area contributed by atoms with Gasteiger partial charge in [0, 0.05) is 61.4 Å². The van der Waals surface area contributed by atoms with Crippen LogP contribution in [0.15, 0.2) is 46.9 Å².